The maximum Gasteiger partial charge on any atom is 0.127 e. The molecule has 2 heteroatoms. The van der Waals surface area contributed by atoms with Crippen LogP contribution in [0.15, 0.2) is 42.5 Å². The molecule has 0 saturated heterocycles. The van der Waals surface area contributed by atoms with Gasteiger partial charge in [-0.05, 0) is 30.2 Å². The van der Waals surface area contributed by atoms with Crippen LogP contribution < -0.4 is 10.5 Å². The first-order valence-corrected chi connectivity index (χ1v) is 5.22. The number of methoxy groups -OCH3 is 1. The van der Waals surface area contributed by atoms with E-state index in [0.29, 0.717) is 0 Å². The van der Waals surface area contributed by atoms with Gasteiger partial charge in [-0.15, -0.1) is 0 Å². The van der Waals surface area contributed by atoms with Crippen molar-refractivity contribution in [3.63, 3.8) is 0 Å². The Bertz CT molecular complexity index is 492. The van der Waals surface area contributed by atoms with Crippen LogP contribution in [0.4, 0.5) is 5.69 Å². The lowest BCUT2D eigenvalue weighted by Gasteiger charge is -2.11. The summed E-state index contributed by atoms with van der Waals surface area (Å²) in [6.07, 6.45) is 0. The highest BCUT2D eigenvalue weighted by Gasteiger charge is 2.07. The molecule has 82 valence electrons. The number of nitrogens with two attached hydrogens (primary N) is 1. The lowest BCUT2D eigenvalue weighted by Crippen LogP contribution is -1.94. The number of benzene rings is 2. The van der Waals surface area contributed by atoms with Crippen LogP contribution in [0.1, 0.15) is 5.56 Å². The van der Waals surface area contributed by atoms with Crippen molar-refractivity contribution < 1.29 is 4.74 Å². The molecule has 0 radical (unpaired) electrons. The molecule has 0 atom stereocenters. The van der Waals surface area contributed by atoms with Gasteiger partial charge in [-0.25, -0.2) is 0 Å². The highest BCUT2D eigenvalue weighted by atomic mass is 16.5. The van der Waals surface area contributed by atoms with E-state index in [9.17, 15) is 0 Å². The van der Waals surface area contributed by atoms with Crippen LogP contribution in [-0.4, -0.2) is 7.11 Å². The summed E-state index contributed by atoms with van der Waals surface area (Å²) >= 11 is 0. The van der Waals surface area contributed by atoms with Crippen molar-refractivity contribution in [3.05, 3.63) is 48.0 Å². The van der Waals surface area contributed by atoms with E-state index in [-0.39, 0.29) is 0 Å². The largest absolute Gasteiger partial charge is 0.496 e. The summed E-state index contributed by atoms with van der Waals surface area (Å²) < 4.78 is 5.38. The maximum absolute atomic E-state index is 5.93. The van der Waals surface area contributed by atoms with Crippen molar-refractivity contribution in [1.29, 1.82) is 0 Å². The molecular weight excluding hydrogens is 198 g/mol. The summed E-state index contributed by atoms with van der Waals surface area (Å²) in [5.74, 6) is 0.859. The predicted octanol–water partition coefficient (Wildman–Crippen LogP) is 3.25. The Hall–Kier alpha value is -1.96. The van der Waals surface area contributed by atoms with Crippen LogP contribution >= 0.6 is 0 Å². The van der Waals surface area contributed by atoms with E-state index in [2.05, 4.69) is 0 Å². The van der Waals surface area contributed by atoms with Crippen molar-refractivity contribution in [3.8, 4) is 16.9 Å². The highest BCUT2D eigenvalue weighted by molar-refractivity contribution is 5.75. The molecule has 0 bridgehead atoms. The molecule has 2 nitrogen and oxygen atoms in total. The van der Waals surface area contributed by atoms with E-state index in [1.807, 2.05) is 49.4 Å². The number of rotatable bonds is 2. The van der Waals surface area contributed by atoms with Gasteiger partial charge in [0.25, 0.3) is 0 Å². The zero-order valence-electron chi connectivity index (χ0n) is 9.53. The van der Waals surface area contributed by atoms with E-state index in [1.165, 1.54) is 0 Å². The highest BCUT2D eigenvalue weighted by Crippen LogP contribution is 2.33. The topological polar surface area (TPSA) is 35.2 Å². The summed E-state index contributed by atoms with van der Waals surface area (Å²) in [7, 11) is 1.68. The van der Waals surface area contributed by atoms with Gasteiger partial charge in [0, 0.05) is 11.3 Å². The zero-order valence-corrected chi connectivity index (χ0v) is 9.53. The minimum absolute atomic E-state index is 0.791. The first-order valence-electron chi connectivity index (χ1n) is 5.22. The minimum atomic E-state index is 0.791. The molecule has 0 amide bonds. The predicted molar refractivity (Wildman–Crippen MR) is 67.6 cm³/mol. The molecule has 0 aromatic heterocycles. The Kier molecular flexibility index (Phi) is 2.82. The quantitative estimate of drug-likeness (QED) is 0.777. The maximum atomic E-state index is 5.93. The van der Waals surface area contributed by atoms with Crippen molar-refractivity contribution in [2.45, 2.75) is 6.92 Å². The van der Waals surface area contributed by atoms with Gasteiger partial charge in [0.1, 0.15) is 5.75 Å². The number of hydrogen-bond donors (Lipinski definition) is 1. The van der Waals surface area contributed by atoms with Gasteiger partial charge in [-0.3, -0.25) is 0 Å². The van der Waals surface area contributed by atoms with Crippen LogP contribution in [0.3, 0.4) is 0 Å². The minimum Gasteiger partial charge on any atom is -0.496 e. The average molecular weight is 213 g/mol. The van der Waals surface area contributed by atoms with Gasteiger partial charge in [-0.2, -0.15) is 0 Å². The molecule has 0 spiro atoms. The van der Waals surface area contributed by atoms with Gasteiger partial charge >= 0.3 is 0 Å². The summed E-state index contributed by atoms with van der Waals surface area (Å²) in [5.41, 5.74) is 9.91. The Morgan fingerprint density at radius 1 is 1.06 bits per heavy atom. The molecule has 0 aliphatic rings. The summed E-state index contributed by atoms with van der Waals surface area (Å²) in [6.45, 7) is 1.98. The Labute approximate surface area is 95.7 Å². The SMILES string of the molecule is COc1cc(C)c(N)cc1-c1ccccc1. The third-order valence-electron chi connectivity index (χ3n) is 2.67. The van der Waals surface area contributed by atoms with Crippen molar-refractivity contribution in [2.24, 2.45) is 0 Å². The second-order valence-corrected chi connectivity index (χ2v) is 3.78. The molecule has 0 aliphatic heterocycles. The van der Waals surface area contributed by atoms with Crippen LogP contribution in [0.2, 0.25) is 0 Å². The molecular formula is C14H15NO. The number of nitrogen functional groups attached to an aromatic ring is 1. The fourth-order valence-corrected chi connectivity index (χ4v) is 1.71. The molecule has 0 aliphatic carbocycles. The van der Waals surface area contributed by atoms with Crippen LogP contribution in [-0.2, 0) is 0 Å². The Morgan fingerprint density at radius 2 is 1.75 bits per heavy atom. The second-order valence-electron chi connectivity index (χ2n) is 3.78. The molecule has 0 unspecified atom stereocenters. The van der Waals surface area contributed by atoms with Crippen LogP contribution in [0, 0.1) is 6.92 Å². The fraction of sp³-hybridized carbons (Fsp3) is 0.143. The first-order chi connectivity index (χ1) is 7.72. The van der Waals surface area contributed by atoms with Gasteiger partial charge in [0.2, 0.25) is 0 Å². The zero-order chi connectivity index (χ0) is 11.5. The molecule has 2 rings (SSSR count). The Morgan fingerprint density at radius 3 is 2.38 bits per heavy atom. The monoisotopic (exact) mass is 213 g/mol. The van der Waals surface area contributed by atoms with Crippen LogP contribution in [0.5, 0.6) is 5.75 Å². The number of aryl methyl sites for hydroxylation is 1. The summed E-state index contributed by atoms with van der Waals surface area (Å²) in [6, 6.07) is 14.0. The molecule has 2 aromatic carbocycles. The number of anilines is 1. The second kappa shape index (κ2) is 4.27. The standard InChI is InChI=1S/C14H15NO/c1-10-8-14(16-2)12(9-13(10)15)11-6-4-3-5-7-11/h3-9H,15H2,1-2H3. The molecule has 16 heavy (non-hydrogen) atoms. The average Bonchev–Trinajstić information content (AvgIpc) is 2.33. The van der Waals surface area contributed by atoms with E-state index in [1.54, 1.807) is 7.11 Å². The third kappa shape index (κ3) is 1.87. The smallest absolute Gasteiger partial charge is 0.127 e. The van der Waals surface area contributed by atoms with Gasteiger partial charge in [0.15, 0.2) is 0 Å². The van der Waals surface area contributed by atoms with Crippen molar-refractivity contribution >= 4 is 5.69 Å². The first kappa shape index (κ1) is 10.6. The van der Waals surface area contributed by atoms with Crippen molar-refractivity contribution in [2.75, 3.05) is 12.8 Å². The van der Waals surface area contributed by atoms with E-state index >= 15 is 0 Å². The Balaban J connectivity index is 2.60. The van der Waals surface area contributed by atoms with E-state index in [4.69, 9.17) is 10.5 Å². The normalized spacial score (nSPS) is 10.1. The molecule has 0 saturated carbocycles. The van der Waals surface area contributed by atoms with Gasteiger partial charge in [-0.1, -0.05) is 30.3 Å². The van der Waals surface area contributed by atoms with E-state index < -0.39 is 0 Å². The molecule has 0 heterocycles. The molecule has 2 aromatic rings. The lowest BCUT2D eigenvalue weighted by molar-refractivity contribution is 0.416. The third-order valence-corrected chi connectivity index (χ3v) is 2.67. The fourth-order valence-electron chi connectivity index (χ4n) is 1.71. The summed E-state index contributed by atoms with van der Waals surface area (Å²) in [5, 5.41) is 0. The lowest BCUT2D eigenvalue weighted by atomic mass is 10.0. The molecule has 0 fully saturated rings. The molecule has 2 N–H and O–H groups in total. The van der Waals surface area contributed by atoms with Gasteiger partial charge < -0.3 is 10.5 Å². The van der Waals surface area contributed by atoms with E-state index in [0.717, 1.165) is 28.1 Å². The van der Waals surface area contributed by atoms with Crippen LogP contribution in [0.25, 0.3) is 11.1 Å². The van der Waals surface area contributed by atoms with Crippen molar-refractivity contribution in [1.82, 2.24) is 0 Å². The summed E-state index contributed by atoms with van der Waals surface area (Å²) in [4.78, 5) is 0. The number of ether oxygens (including phenoxy) is 1. The number of hydrogen-bond acceptors (Lipinski definition) is 2. The van der Waals surface area contributed by atoms with Gasteiger partial charge in [0.05, 0.1) is 7.11 Å².